The lowest BCUT2D eigenvalue weighted by atomic mass is 10.1. The molecule has 1 rings (SSSR count). The summed E-state index contributed by atoms with van der Waals surface area (Å²) < 4.78 is 0. The van der Waals surface area contributed by atoms with Crippen molar-refractivity contribution in [1.82, 2.24) is 10.6 Å². The molecule has 0 aromatic heterocycles. The van der Waals surface area contributed by atoms with Gasteiger partial charge in [-0.15, -0.1) is 12.4 Å². The second-order valence-electron chi connectivity index (χ2n) is 4.79. The minimum atomic E-state index is -0.895. The van der Waals surface area contributed by atoms with E-state index in [0.717, 1.165) is 5.56 Å². The average Bonchev–Trinajstić information content (AvgIpc) is 2.47. The van der Waals surface area contributed by atoms with E-state index in [9.17, 15) is 20.0 Å². The number of carbonyl (C=O) groups is 1. The number of hydrazone groups is 1. The Kier molecular flexibility index (Phi) is 9.83. The number of carbonyl (C=O) groups excluding carboxylic acids is 1. The SMILES string of the molecule is Cl.NC(=O)[C@@H](CCCNC(N)=N[N+](=O)[O-])NCc1ccc(O)cc1. The molecule has 0 aliphatic carbocycles. The van der Waals surface area contributed by atoms with Gasteiger partial charge in [0.15, 0.2) is 5.03 Å². The van der Waals surface area contributed by atoms with Crippen LogP contribution in [0, 0.1) is 10.1 Å². The highest BCUT2D eigenvalue weighted by Gasteiger charge is 2.14. The first kappa shape index (κ1) is 21.4. The molecule has 0 saturated carbocycles. The number of nitrogens with two attached hydrogens (primary N) is 2. The van der Waals surface area contributed by atoms with Crippen molar-refractivity contribution in [3.8, 4) is 5.75 Å². The van der Waals surface area contributed by atoms with Crippen molar-refractivity contribution in [2.75, 3.05) is 6.54 Å². The Morgan fingerprint density at radius 3 is 2.50 bits per heavy atom. The Morgan fingerprint density at radius 2 is 1.96 bits per heavy atom. The number of nitrogens with zero attached hydrogens (tertiary/aromatic N) is 2. The summed E-state index contributed by atoms with van der Waals surface area (Å²) >= 11 is 0. The fourth-order valence-electron chi connectivity index (χ4n) is 1.85. The zero-order valence-electron chi connectivity index (χ0n) is 12.8. The third-order valence-corrected chi connectivity index (χ3v) is 3.00. The lowest BCUT2D eigenvalue weighted by Gasteiger charge is -2.15. The highest BCUT2D eigenvalue weighted by molar-refractivity contribution is 5.85. The number of nitrogens with one attached hydrogen (secondary N) is 2. The van der Waals surface area contributed by atoms with Gasteiger partial charge in [-0.05, 0) is 30.5 Å². The number of halogens is 1. The predicted molar refractivity (Wildman–Crippen MR) is 91.0 cm³/mol. The lowest BCUT2D eigenvalue weighted by molar-refractivity contribution is -0.485. The number of primary amides is 1. The molecule has 0 saturated heterocycles. The third-order valence-electron chi connectivity index (χ3n) is 3.00. The summed E-state index contributed by atoms with van der Waals surface area (Å²) in [6.07, 6.45) is 0.955. The first-order valence-corrected chi connectivity index (χ1v) is 6.91. The number of rotatable bonds is 9. The van der Waals surface area contributed by atoms with Crippen molar-refractivity contribution in [1.29, 1.82) is 0 Å². The minimum Gasteiger partial charge on any atom is -0.508 e. The van der Waals surface area contributed by atoms with Gasteiger partial charge in [0.25, 0.3) is 5.96 Å². The summed E-state index contributed by atoms with van der Waals surface area (Å²) in [7, 11) is 0. The van der Waals surface area contributed by atoms with E-state index in [0.29, 0.717) is 25.9 Å². The number of phenols is 1. The number of benzene rings is 1. The van der Waals surface area contributed by atoms with Crippen molar-refractivity contribution < 1.29 is 14.9 Å². The van der Waals surface area contributed by atoms with Crippen LogP contribution in [-0.2, 0) is 11.3 Å². The molecule has 11 heteroatoms. The van der Waals surface area contributed by atoms with Crippen LogP contribution in [0.15, 0.2) is 29.4 Å². The summed E-state index contributed by atoms with van der Waals surface area (Å²) in [6, 6.07) is 6.03. The van der Waals surface area contributed by atoms with Crippen LogP contribution >= 0.6 is 12.4 Å². The van der Waals surface area contributed by atoms with Crippen LogP contribution in [0.1, 0.15) is 18.4 Å². The van der Waals surface area contributed by atoms with Crippen LogP contribution in [-0.4, -0.2) is 34.6 Å². The maximum absolute atomic E-state index is 11.4. The molecule has 1 aromatic rings. The second-order valence-corrected chi connectivity index (χ2v) is 4.79. The molecule has 134 valence electrons. The Balaban J connectivity index is 0.00000529. The zero-order chi connectivity index (χ0) is 17.2. The van der Waals surface area contributed by atoms with Crippen molar-refractivity contribution in [3.05, 3.63) is 39.9 Å². The van der Waals surface area contributed by atoms with Crippen LogP contribution in [0.2, 0.25) is 0 Å². The Bertz CT molecular complexity index is 566. The Morgan fingerprint density at radius 1 is 1.33 bits per heavy atom. The third kappa shape index (κ3) is 8.76. The molecule has 0 spiro atoms. The van der Waals surface area contributed by atoms with E-state index in [1.54, 1.807) is 24.3 Å². The molecule has 24 heavy (non-hydrogen) atoms. The van der Waals surface area contributed by atoms with Crippen molar-refractivity contribution in [2.24, 2.45) is 16.6 Å². The number of nitro groups is 1. The fourth-order valence-corrected chi connectivity index (χ4v) is 1.85. The first-order valence-electron chi connectivity index (χ1n) is 6.91. The quantitative estimate of drug-likeness (QED) is 0.131. The topological polar surface area (TPSA) is 169 Å². The van der Waals surface area contributed by atoms with Crippen molar-refractivity contribution in [2.45, 2.75) is 25.4 Å². The first-order chi connectivity index (χ1) is 10.9. The molecular formula is C13H21ClN6O4. The standard InChI is InChI=1S/C13H20N6O4.ClH/c14-12(21)11(2-1-7-16-13(15)18-19(22)23)17-8-9-3-5-10(20)6-4-9;/h3-6,11,17,20H,1-2,7-8H2,(H2,14,21)(H3,15,16,18);1H/t11-;/m1./s1. The Hall–Kier alpha value is -2.59. The molecule has 0 radical (unpaired) electrons. The maximum Gasteiger partial charge on any atom is 0.266 e. The largest absolute Gasteiger partial charge is 0.508 e. The molecule has 0 aliphatic rings. The molecule has 0 unspecified atom stereocenters. The van der Waals surface area contributed by atoms with Crippen LogP contribution in [0.25, 0.3) is 0 Å². The van der Waals surface area contributed by atoms with Gasteiger partial charge < -0.3 is 27.2 Å². The van der Waals surface area contributed by atoms with Gasteiger partial charge in [0.05, 0.1) is 6.04 Å². The highest BCUT2D eigenvalue weighted by Crippen LogP contribution is 2.09. The highest BCUT2D eigenvalue weighted by atomic mass is 35.5. The van der Waals surface area contributed by atoms with Gasteiger partial charge >= 0.3 is 0 Å². The van der Waals surface area contributed by atoms with Gasteiger partial charge in [0.2, 0.25) is 5.91 Å². The van der Waals surface area contributed by atoms with Gasteiger partial charge in [-0.2, -0.15) is 0 Å². The van der Waals surface area contributed by atoms with E-state index in [4.69, 9.17) is 11.5 Å². The van der Waals surface area contributed by atoms with Gasteiger partial charge in [0, 0.05) is 13.1 Å². The second kappa shape index (κ2) is 11.0. The smallest absolute Gasteiger partial charge is 0.266 e. The van der Waals surface area contributed by atoms with E-state index < -0.39 is 17.0 Å². The molecule has 0 heterocycles. The minimum absolute atomic E-state index is 0. The monoisotopic (exact) mass is 360 g/mol. The van der Waals surface area contributed by atoms with Crippen molar-refractivity contribution >= 4 is 24.3 Å². The molecule has 1 aromatic carbocycles. The van der Waals surface area contributed by atoms with E-state index >= 15 is 0 Å². The number of amides is 1. The van der Waals surface area contributed by atoms with Crippen LogP contribution < -0.4 is 22.1 Å². The van der Waals surface area contributed by atoms with E-state index in [1.165, 1.54) is 0 Å². The van der Waals surface area contributed by atoms with Gasteiger partial charge in [-0.25, -0.2) is 10.1 Å². The molecule has 0 bridgehead atoms. The molecule has 7 N–H and O–H groups in total. The predicted octanol–water partition coefficient (Wildman–Crippen LogP) is -0.366. The van der Waals surface area contributed by atoms with E-state index in [-0.39, 0.29) is 24.1 Å². The van der Waals surface area contributed by atoms with E-state index in [1.807, 2.05) is 0 Å². The number of phenolic OH excluding ortho intramolecular Hbond substituents is 1. The molecule has 10 nitrogen and oxygen atoms in total. The Labute approximate surface area is 144 Å². The van der Waals surface area contributed by atoms with Crippen LogP contribution in [0.4, 0.5) is 0 Å². The van der Waals surface area contributed by atoms with Crippen LogP contribution in [0.3, 0.4) is 0 Å². The molecular weight excluding hydrogens is 340 g/mol. The van der Waals surface area contributed by atoms with E-state index in [2.05, 4.69) is 15.7 Å². The lowest BCUT2D eigenvalue weighted by Crippen LogP contribution is -2.41. The molecule has 1 amide bonds. The number of hydrogen-bond donors (Lipinski definition) is 5. The maximum atomic E-state index is 11.4. The summed E-state index contributed by atoms with van der Waals surface area (Å²) in [5.74, 6) is -0.612. The zero-order valence-corrected chi connectivity index (χ0v) is 13.7. The average molecular weight is 361 g/mol. The normalized spacial score (nSPS) is 12.1. The summed E-state index contributed by atoms with van der Waals surface area (Å²) in [5.41, 5.74) is 11.5. The summed E-state index contributed by atoms with van der Waals surface area (Å²) in [5, 5.41) is 26.9. The van der Waals surface area contributed by atoms with Gasteiger partial charge in [0.1, 0.15) is 10.9 Å². The molecule has 0 fully saturated rings. The number of hydrogen-bond acceptors (Lipinski definition) is 5. The molecule has 1 atom stereocenters. The van der Waals surface area contributed by atoms with Crippen molar-refractivity contribution in [3.63, 3.8) is 0 Å². The molecule has 0 aliphatic heterocycles. The summed E-state index contributed by atoms with van der Waals surface area (Å²) in [4.78, 5) is 21.5. The number of aromatic hydroxyl groups is 1. The number of guanidine groups is 1. The summed E-state index contributed by atoms with van der Waals surface area (Å²) in [6.45, 7) is 0.750. The van der Waals surface area contributed by atoms with Crippen LogP contribution in [0.5, 0.6) is 5.75 Å². The van der Waals surface area contributed by atoms with Gasteiger partial charge in [-0.1, -0.05) is 12.1 Å². The fraction of sp³-hybridized carbons (Fsp3) is 0.385. The van der Waals surface area contributed by atoms with Gasteiger partial charge in [-0.3, -0.25) is 4.79 Å².